The molecular formula is C13H14FNO3. The molecule has 1 saturated heterocycles. The van der Waals surface area contributed by atoms with Gasteiger partial charge in [0, 0.05) is 25.1 Å². The highest BCUT2D eigenvalue weighted by Crippen LogP contribution is 2.20. The molecule has 1 heterocycles. The number of piperidine rings is 1. The summed E-state index contributed by atoms with van der Waals surface area (Å²) >= 11 is 0. The number of aliphatic carboxylic acids is 1. The Labute approximate surface area is 104 Å². The summed E-state index contributed by atoms with van der Waals surface area (Å²) in [6.07, 6.45) is 0.577. The van der Waals surface area contributed by atoms with Gasteiger partial charge in [-0.1, -0.05) is 18.2 Å². The minimum absolute atomic E-state index is 0.115. The number of hydrogen-bond acceptors (Lipinski definition) is 2. The van der Waals surface area contributed by atoms with E-state index in [2.05, 4.69) is 0 Å². The van der Waals surface area contributed by atoms with Crippen molar-refractivity contribution in [3.8, 4) is 0 Å². The van der Waals surface area contributed by atoms with Crippen LogP contribution in [0.15, 0.2) is 24.3 Å². The molecule has 1 aromatic carbocycles. The zero-order valence-electron chi connectivity index (χ0n) is 9.80. The fraction of sp³-hybridized carbons (Fsp3) is 0.385. The van der Waals surface area contributed by atoms with Crippen molar-refractivity contribution in [3.63, 3.8) is 0 Å². The van der Waals surface area contributed by atoms with Gasteiger partial charge in [0.15, 0.2) is 0 Å². The Kier molecular flexibility index (Phi) is 3.60. The number of carbonyl (C=O) groups is 2. The number of benzene rings is 1. The van der Waals surface area contributed by atoms with Crippen LogP contribution in [-0.2, 0) is 16.1 Å². The average molecular weight is 251 g/mol. The van der Waals surface area contributed by atoms with Crippen molar-refractivity contribution in [2.45, 2.75) is 19.4 Å². The van der Waals surface area contributed by atoms with E-state index in [1.807, 2.05) is 0 Å². The summed E-state index contributed by atoms with van der Waals surface area (Å²) in [5.41, 5.74) is 0.414. The second kappa shape index (κ2) is 5.16. The van der Waals surface area contributed by atoms with Gasteiger partial charge in [-0.15, -0.1) is 0 Å². The molecule has 0 bridgehead atoms. The monoisotopic (exact) mass is 251 g/mol. The third kappa shape index (κ3) is 2.67. The van der Waals surface area contributed by atoms with Crippen LogP contribution in [0.3, 0.4) is 0 Å². The van der Waals surface area contributed by atoms with Crippen molar-refractivity contribution in [2.24, 2.45) is 5.92 Å². The van der Waals surface area contributed by atoms with E-state index < -0.39 is 11.9 Å². The van der Waals surface area contributed by atoms with Gasteiger partial charge in [-0.3, -0.25) is 9.59 Å². The van der Waals surface area contributed by atoms with Gasteiger partial charge in [0.1, 0.15) is 5.82 Å². The first kappa shape index (κ1) is 12.5. The quantitative estimate of drug-likeness (QED) is 0.888. The standard InChI is InChI=1S/C13H14FNO3/c14-11-4-2-1-3-9(11)7-15-8-10(13(17)18)5-6-12(15)16/h1-4,10H,5-8H2,(H,17,18). The van der Waals surface area contributed by atoms with Gasteiger partial charge in [0.25, 0.3) is 0 Å². The normalized spacial score (nSPS) is 19.9. The molecule has 1 unspecified atom stereocenters. The molecule has 1 aliphatic heterocycles. The zero-order valence-corrected chi connectivity index (χ0v) is 9.80. The zero-order chi connectivity index (χ0) is 13.1. The van der Waals surface area contributed by atoms with Crippen LogP contribution in [0.4, 0.5) is 4.39 Å². The molecule has 5 heteroatoms. The molecule has 1 aliphatic rings. The molecule has 2 rings (SSSR count). The highest BCUT2D eigenvalue weighted by atomic mass is 19.1. The SMILES string of the molecule is O=C(O)C1CCC(=O)N(Cc2ccccc2F)C1. The summed E-state index contributed by atoms with van der Waals surface area (Å²) in [5.74, 6) is -1.94. The van der Waals surface area contributed by atoms with Crippen LogP contribution in [0.25, 0.3) is 0 Å². The van der Waals surface area contributed by atoms with E-state index >= 15 is 0 Å². The Bertz CT molecular complexity index is 475. The summed E-state index contributed by atoms with van der Waals surface area (Å²) in [7, 11) is 0. The number of halogens is 1. The lowest BCUT2D eigenvalue weighted by molar-refractivity contribution is -0.147. The Balaban J connectivity index is 2.10. The lowest BCUT2D eigenvalue weighted by Gasteiger charge is -2.30. The van der Waals surface area contributed by atoms with Crippen LogP contribution in [0.2, 0.25) is 0 Å². The van der Waals surface area contributed by atoms with Crippen LogP contribution in [0.5, 0.6) is 0 Å². The van der Waals surface area contributed by atoms with Gasteiger partial charge in [-0.2, -0.15) is 0 Å². The van der Waals surface area contributed by atoms with Crippen molar-refractivity contribution < 1.29 is 19.1 Å². The summed E-state index contributed by atoms with van der Waals surface area (Å²) in [5, 5.41) is 8.95. The first-order chi connectivity index (χ1) is 8.58. The van der Waals surface area contributed by atoms with Crippen LogP contribution in [-0.4, -0.2) is 28.4 Å². The lowest BCUT2D eigenvalue weighted by atomic mass is 9.97. The summed E-state index contributed by atoms with van der Waals surface area (Å²) < 4.78 is 13.5. The molecule has 0 spiro atoms. The molecule has 4 nitrogen and oxygen atoms in total. The van der Waals surface area contributed by atoms with Gasteiger partial charge in [0.05, 0.1) is 5.92 Å². The van der Waals surface area contributed by atoms with Gasteiger partial charge < -0.3 is 10.0 Å². The second-order valence-electron chi connectivity index (χ2n) is 4.44. The molecule has 0 aliphatic carbocycles. The number of carboxylic acids is 1. The first-order valence-electron chi connectivity index (χ1n) is 5.82. The van der Waals surface area contributed by atoms with E-state index in [1.54, 1.807) is 18.2 Å². The smallest absolute Gasteiger partial charge is 0.308 e. The number of carbonyl (C=O) groups excluding carboxylic acids is 1. The molecule has 1 fully saturated rings. The minimum atomic E-state index is -0.902. The molecule has 0 saturated carbocycles. The maximum absolute atomic E-state index is 13.5. The van der Waals surface area contributed by atoms with E-state index in [-0.39, 0.29) is 31.2 Å². The van der Waals surface area contributed by atoms with Crippen molar-refractivity contribution >= 4 is 11.9 Å². The van der Waals surface area contributed by atoms with Crippen molar-refractivity contribution in [1.29, 1.82) is 0 Å². The molecule has 1 N–H and O–H groups in total. The summed E-state index contributed by atoms with van der Waals surface area (Å²) in [6.45, 7) is 0.289. The second-order valence-corrected chi connectivity index (χ2v) is 4.44. The van der Waals surface area contributed by atoms with Crippen LogP contribution in [0, 0.1) is 11.7 Å². The molecule has 0 radical (unpaired) electrons. The maximum atomic E-state index is 13.5. The maximum Gasteiger partial charge on any atom is 0.308 e. The minimum Gasteiger partial charge on any atom is -0.481 e. The summed E-state index contributed by atoms with van der Waals surface area (Å²) in [6, 6.07) is 6.21. The number of rotatable bonds is 3. The Morgan fingerprint density at radius 2 is 2.17 bits per heavy atom. The lowest BCUT2D eigenvalue weighted by Crippen LogP contribution is -2.42. The topological polar surface area (TPSA) is 57.6 Å². The largest absolute Gasteiger partial charge is 0.481 e. The van der Waals surface area contributed by atoms with Crippen LogP contribution in [0.1, 0.15) is 18.4 Å². The van der Waals surface area contributed by atoms with E-state index in [1.165, 1.54) is 11.0 Å². The highest BCUT2D eigenvalue weighted by Gasteiger charge is 2.30. The van der Waals surface area contributed by atoms with E-state index in [9.17, 15) is 14.0 Å². The van der Waals surface area contributed by atoms with Gasteiger partial charge in [0.2, 0.25) is 5.91 Å². The van der Waals surface area contributed by atoms with E-state index in [4.69, 9.17) is 5.11 Å². The highest BCUT2D eigenvalue weighted by molar-refractivity contribution is 5.80. The third-order valence-electron chi connectivity index (χ3n) is 3.17. The van der Waals surface area contributed by atoms with Gasteiger partial charge >= 0.3 is 5.97 Å². The number of hydrogen-bond donors (Lipinski definition) is 1. The molecule has 18 heavy (non-hydrogen) atoms. The first-order valence-corrected chi connectivity index (χ1v) is 5.82. The Morgan fingerprint density at radius 1 is 1.44 bits per heavy atom. The average Bonchev–Trinajstić information content (AvgIpc) is 2.34. The van der Waals surface area contributed by atoms with Crippen LogP contribution < -0.4 is 0 Å². The Hall–Kier alpha value is -1.91. The van der Waals surface area contributed by atoms with Gasteiger partial charge in [-0.25, -0.2) is 4.39 Å². The molecule has 0 aromatic heterocycles. The molecule has 1 atom stereocenters. The van der Waals surface area contributed by atoms with E-state index in [0.717, 1.165) is 0 Å². The predicted octanol–water partition coefficient (Wildman–Crippen LogP) is 1.65. The van der Waals surface area contributed by atoms with E-state index in [0.29, 0.717) is 12.0 Å². The number of likely N-dealkylation sites (tertiary alicyclic amines) is 1. The van der Waals surface area contributed by atoms with Gasteiger partial charge in [-0.05, 0) is 12.5 Å². The van der Waals surface area contributed by atoms with Crippen molar-refractivity contribution in [2.75, 3.05) is 6.54 Å². The van der Waals surface area contributed by atoms with Crippen LogP contribution >= 0.6 is 0 Å². The Morgan fingerprint density at radius 3 is 2.83 bits per heavy atom. The molecular weight excluding hydrogens is 237 g/mol. The molecule has 1 aromatic rings. The summed E-state index contributed by atoms with van der Waals surface area (Å²) in [4.78, 5) is 24.0. The number of amides is 1. The molecule has 96 valence electrons. The third-order valence-corrected chi connectivity index (χ3v) is 3.17. The molecule has 1 amide bonds. The fourth-order valence-electron chi connectivity index (χ4n) is 2.10. The van der Waals surface area contributed by atoms with Crippen molar-refractivity contribution in [3.05, 3.63) is 35.6 Å². The number of nitrogens with zero attached hydrogens (tertiary/aromatic N) is 1. The number of carboxylic acid groups (broad SMARTS) is 1. The predicted molar refractivity (Wildman–Crippen MR) is 62.2 cm³/mol. The van der Waals surface area contributed by atoms with Crippen molar-refractivity contribution in [1.82, 2.24) is 4.90 Å². The fourth-order valence-corrected chi connectivity index (χ4v) is 2.10.